The van der Waals surface area contributed by atoms with E-state index < -0.39 is 5.97 Å². The molecule has 3 rings (SSSR count). The van der Waals surface area contributed by atoms with Gasteiger partial charge < -0.3 is 15.2 Å². The lowest BCUT2D eigenvalue weighted by Gasteiger charge is -2.17. The molecular weight excluding hydrogens is 304 g/mol. The zero-order valence-corrected chi connectivity index (χ0v) is 13.5. The Morgan fingerprint density at radius 1 is 1.17 bits per heavy atom. The number of carbonyl (C=O) groups is 1. The van der Waals surface area contributed by atoms with Crippen molar-refractivity contribution >= 4 is 28.2 Å². The normalized spacial score (nSPS) is 10.6. The van der Waals surface area contributed by atoms with Gasteiger partial charge in [0.15, 0.2) is 0 Å². The summed E-state index contributed by atoms with van der Waals surface area (Å²) in [5.74, 6) is -0.199. The summed E-state index contributed by atoms with van der Waals surface area (Å²) >= 11 is 0. The molecule has 122 valence electrons. The van der Waals surface area contributed by atoms with Gasteiger partial charge in [0.05, 0.1) is 30.4 Å². The molecule has 0 saturated carbocycles. The lowest BCUT2D eigenvalue weighted by Crippen LogP contribution is -2.08. The van der Waals surface area contributed by atoms with Crippen LogP contribution >= 0.6 is 0 Å². The molecular formula is C19H18N2O3. The Balaban J connectivity index is 2.21. The number of aryl methyl sites for hydroxylation is 1. The fourth-order valence-electron chi connectivity index (χ4n) is 2.77. The molecule has 5 heteroatoms. The van der Waals surface area contributed by atoms with Crippen molar-refractivity contribution in [2.24, 2.45) is 0 Å². The Kier molecular flexibility index (Phi) is 4.33. The Hall–Kier alpha value is -3.08. The van der Waals surface area contributed by atoms with E-state index in [0.717, 1.165) is 22.3 Å². The number of benzene rings is 2. The molecule has 0 fully saturated rings. The lowest BCUT2D eigenvalue weighted by atomic mass is 10.0. The molecule has 0 aliphatic carbocycles. The number of ether oxygens (including phenoxy) is 1. The molecule has 0 radical (unpaired) electrons. The summed E-state index contributed by atoms with van der Waals surface area (Å²) in [6.07, 6.45) is -0.0961. The van der Waals surface area contributed by atoms with Gasteiger partial charge in [0, 0.05) is 16.6 Å². The third kappa shape index (κ3) is 3.01. The maximum absolute atomic E-state index is 11.3. The second kappa shape index (κ2) is 6.58. The number of nitrogens with zero attached hydrogens (tertiary/aromatic N) is 1. The monoisotopic (exact) mass is 322 g/mol. The predicted molar refractivity (Wildman–Crippen MR) is 94.1 cm³/mol. The smallest absolute Gasteiger partial charge is 0.307 e. The molecule has 0 aliphatic rings. The Morgan fingerprint density at radius 3 is 2.62 bits per heavy atom. The quantitative estimate of drug-likeness (QED) is 0.745. The van der Waals surface area contributed by atoms with Gasteiger partial charge in [0.25, 0.3) is 0 Å². The van der Waals surface area contributed by atoms with Gasteiger partial charge in [-0.15, -0.1) is 0 Å². The first-order valence-corrected chi connectivity index (χ1v) is 7.60. The molecule has 0 spiro atoms. The molecule has 5 nitrogen and oxygen atoms in total. The van der Waals surface area contributed by atoms with Crippen LogP contribution in [0.3, 0.4) is 0 Å². The van der Waals surface area contributed by atoms with Gasteiger partial charge in [-0.05, 0) is 25.1 Å². The maximum atomic E-state index is 11.3. The van der Waals surface area contributed by atoms with Crippen molar-refractivity contribution in [3.63, 3.8) is 0 Å². The van der Waals surface area contributed by atoms with Crippen molar-refractivity contribution in [3.05, 3.63) is 59.8 Å². The van der Waals surface area contributed by atoms with Gasteiger partial charge in [-0.1, -0.05) is 30.3 Å². The van der Waals surface area contributed by atoms with Crippen molar-refractivity contribution in [2.75, 3.05) is 12.4 Å². The summed E-state index contributed by atoms with van der Waals surface area (Å²) in [5, 5.41) is 13.5. The molecule has 2 aromatic carbocycles. The van der Waals surface area contributed by atoms with Crippen molar-refractivity contribution in [1.29, 1.82) is 0 Å². The first-order chi connectivity index (χ1) is 11.6. The maximum Gasteiger partial charge on any atom is 0.307 e. The van der Waals surface area contributed by atoms with Crippen molar-refractivity contribution in [2.45, 2.75) is 13.3 Å². The van der Waals surface area contributed by atoms with Crippen LogP contribution in [-0.4, -0.2) is 23.2 Å². The third-order valence-electron chi connectivity index (χ3n) is 3.89. The van der Waals surface area contributed by atoms with Crippen LogP contribution in [0.2, 0.25) is 0 Å². The summed E-state index contributed by atoms with van der Waals surface area (Å²) < 4.78 is 5.39. The first-order valence-electron chi connectivity index (χ1n) is 7.60. The van der Waals surface area contributed by atoms with Crippen LogP contribution in [0.1, 0.15) is 11.3 Å². The fraction of sp³-hybridized carbons (Fsp3) is 0.158. The number of aliphatic carboxylic acids is 1. The molecule has 0 atom stereocenters. The molecule has 2 N–H and O–H groups in total. The topological polar surface area (TPSA) is 71.5 Å². The zero-order chi connectivity index (χ0) is 17.1. The Labute approximate surface area is 139 Å². The number of para-hydroxylation sites is 3. The van der Waals surface area contributed by atoms with Crippen LogP contribution in [0, 0.1) is 6.92 Å². The van der Waals surface area contributed by atoms with E-state index in [4.69, 9.17) is 4.74 Å². The zero-order valence-electron chi connectivity index (χ0n) is 13.5. The van der Waals surface area contributed by atoms with E-state index in [1.54, 1.807) is 7.11 Å². The van der Waals surface area contributed by atoms with Crippen LogP contribution in [0.15, 0.2) is 48.5 Å². The van der Waals surface area contributed by atoms with Gasteiger partial charge in [-0.2, -0.15) is 0 Å². The lowest BCUT2D eigenvalue weighted by molar-refractivity contribution is -0.136. The minimum Gasteiger partial charge on any atom is -0.495 e. The highest BCUT2D eigenvalue weighted by Gasteiger charge is 2.16. The third-order valence-corrected chi connectivity index (χ3v) is 3.89. The van der Waals surface area contributed by atoms with Crippen molar-refractivity contribution in [1.82, 2.24) is 4.98 Å². The Morgan fingerprint density at radius 2 is 1.88 bits per heavy atom. The van der Waals surface area contributed by atoms with E-state index in [2.05, 4.69) is 10.3 Å². The number of nitrogens with one attached hydrogen (secondary N) is 1. The average molecular weight is 322 g/mol. The van der Waals surface area contributed by atoms with Gasteiger partial charge in [-0.3, -0.25) is 9.78 Å². The average Bonchev–Trinajstić information content (AvgIpc) is 2.58. The number of fused-ring (bicyclic) bond motifs is 1. The molecule has 1 heterocycles. The van der Waals surface area contributed by atoms with Crippen LogP contribution in [0.25, 0.3) is 10.9 Å². The number of carboxylic acid groups (broad SMARTS) is 1. The second-order valence-electron chi connectivity index (χ2n) is 5.46. The number of hydrogen-bond donors (Lipinski definition) is 2. The Bertz CT molecular complexity index is 906. The van der Waals surface area contributed by atoms with Crippen LogP contribution in [0.4, 0.5) is 11.4 Å². The van der Waals surface area contributed by atoms with Crippen molar-refractivity contribution in [3.8, 4) is 5.75 Å². The molecule has 0 unspecified atom stereocenters. The van der Waals surface area contributed by atoms with Gasteiger partial charge >= 0.3 is 5.97 Å². The summed E-state index contributed by atoms with van der Waals surface area (Å²) in [5.41, 5.74) is 3.73. The predicted octanol–water partition coefficient (Wildman–Crippen LogP) is 3.92. The van der Waals surface area contributed by atoms with E-state index in [1.165, 1.54) is 0 Å². The van der Waals surface area contributed by atoms with Crippen LogP contribution < -0.4 is 10.1 Å². The standard InChI is InChI=1S/C19H18N2O3/c1-12-14(11-18(22)23)19(13-7-3-4-8-15(13)20-12)21-16-9-5-6-10-17(16)24-2/h3-10H,11H2,1-2H3,(H,20,21)(H,22,23). The highest BCUT2D eigenvalue weighted by molar-refractivity contribution is 5.97. The molecule has 0 aliphatic heterocycles. The summed E-state index contributed by atoms with van der Waals surface area (Å²) in [6, 6.07) is 15.2. The van der Waals surface area contributed by atoms with E-state index in [0.29, 0.717) is 17.0 Å². The number of carboxylic acids is 1. The number of rotatable bonds is 5. The first kappa shape index (κ1) is 15.8. The fourth-order valence-corrected chi connectivity index (χ4v) is 2.77. The second-order valence-corrected chi connectivity index (χ2v) is 5.46. The number of hydrogen-bond acceptors (Lipinski definition) is 4. The molecule has 24 heavy (non-hydrogen) atoms. The molecule has 1 aromatic heterocycles. The highest BCUT2D eigenvalue weighted by Crippen LogP contribution is 2.34. The molecule has 0 bridgehead atoms. The molecule has 3 aromatic rings. The van der Waals surface area contributed by atoms with Gasteiger partial charge in [0.2, 0.25) is 0 Å². The molecule has 0 saturated heterocycles. The minimum atomic E-state index is -0.891. The van der Waals surface area contributed by atoms with E-state index in [9.17, 15) is 9.90 Å². The summed E-state index contributed by atoms with van der Waals surface area (Å²) in [4.78, 5) is 15.8. The van der Waals surface area contributed by atoms with Gasteiger partial charge in [0.1, 0.15) is 5.75 Å². The van der Waals surface area contributed by atoms with E-state index in [1.807, 2.05) is 55.5 Å². The van der Waals surface area contributed by atoms with E-state index in [-0.39, 0.29) is 6.42 Å². The minimum absolute atomic E-state index is 0.0961. The summed E-state index contributed by atoms with van der Waals surface area (Å²) in [7, 11) is 1.61. The van der Waals surface area contributed by atoms with Crippen molar-refractivity contribution < 1.29 is 14.6 Å². The largest absolute Gasteiger partial charge is 0.495 e. The van der Waals surface area contributed by atoms with Crippen LogP contribution in [-0.2, 0) is 11.2 Å². The number of pyridine rings is 1. The number of methoxy groups -OCH3 is 1. The van der Waals surface area contributed by atoms with E-state index >= 15 is 0 Å². The molecule has 0 amide bonds. The summed E-state index contributed by atoms with van der Waals surface area (Å²) in [6.45, 7) is 1.83. The highest BCUT2D eigenvalue weighted by atomic mass is 16.5. The number of aromatic nitrogens is 1. The SMILES string of the molecule is COc1ccccc1Nc1c(CC(=O)O)c(C)nc2ccccc12. The number of anilines is 2. The van der Waals surface area contributed by atoms with Crippen LogP contribution in [0.5, 0.6) is 5.75 Å². The van der Waals surface area contributed by atoms with Gasteiger partial charge in [-0.25, -0.2) is 0 Å².